The van der Waals surface area contributed by atoms with Crippen molar-refractivity contribution in [2.24, 2.45) is 0 Å². The lowest BCUT2D eigenvalue weighted by atomic mass is 10.0. The summed E-state index contributed by atoms with van der Waals surface area (Å²) in [4.78, 5) is 4.43. The SMILES string of the molecule is [2H]C([2H])(c1ccccc1)c1ccnc(-c2ccc3oc4ccc(F)cc4c3c2)c1. The van der Waals surface area contributed by atoms with E-state index in [1.54, 1.807) is 36.5 Å². The van der Waals surface area contributed by atoms with Gasteiger partial charge in [0.05, 0.1) is 5.69 Å². The Bertz CT molecular complexity index is 1350. The number of furan rings is 1. The molecule has 0 saturated carbocycles. The first-order valence-electron chi connectivity index (χ1n) is 9.67. The summed E-state index contributed by atoms with van der Waals surface area (Å²) in [7, 11) is 0. The minimum Gasteiger partial charge on any atom is -0.456 e. The molecular weight excluding hydrogens is 337 g/mol. The van der Waals surface area contributed by atoms with Crippen molar-refractivity contribution in [3.63, 3.8) is 0 Å². The lowest BCUT2D eigenvalue weighted by Gasteiger charge is -2.05. The van der Waals surface area contributed by atoms with Crippen molar-refractivity contribution < 1.29 is 11.5 Å². The van der Waals surface area contributed by atoms with E-state index in [9.17, 15) is 4.39 Å². The predicted molar refractivity (Wildman–Crippen MR) is 106 cm³/mol. The molecule has 5 rings (SSSR count). The van der Waals surface area contributed by atoms with Crippen LogP contribution in [0.5, 0.6) is 0 Å². The van der Waals surface area contributed by atoms with Crippen LogP contribution in [0.25, 0.3) is 33.2 Å². The number of benzene rings is 3. The zero-order valence-corrected chi connectivity index (χ0v) is 14.3. The second kappa shape index (κ2) is 6.36. The van der Waals surface area contributed by atoms with Gasteiger partial charge in [-0.2, -0.15) is 0 Å². The highest BCUT2D eigenvalue weighted by Crippen LogP contribution is 2.32. The molecule has 0 N–H and O–H groups in total. The van der Waals surface area contributed by atoms with E-state index in [-0.39, 0.29) is 5.82 Å². The van der Waals surface area contributed by atoms with Crippen molar-refractivity contribution in [2.45, 2.75) is 6.37 Å². The highest BCUT2D eigenvalue weighted by Gasteiger charge is 2.10. The van der Waals surface area contributed by atoms with Crippen LogP contribution in [0.1, 0.15) is 13.9 Å². The molecule has 2 aromatic heterocycles. The van der Waals surface area contributed by atoms with E-state index in [1.165, 1.54) is 12.1 Å². The van der Waals surface area contributed by atoms with Crippen LogP contribution in [0.15, 0.2) is 89.5 Å². The van der Waals surface area contributed by atoms with Crippen LogP contribution in [0, 0.1) is 5.82 Å². The van der Waals surface area contributed by atoms with Gasteiger partial charge in [0.2, 0.25) is 0 Å². The summed E-state index contributed by atoms with van der Waals surface area (Å²) in [5.41, 5.74) is 3.87. The third kappa shape index (κ3) is 2.97. The van der Waals surface area contributed by atoms with Gasteiger partial charge >= 0.3 is 0 Å². The molecule has 0 fully saturated rings. The van der Waals surface area contributed by atoms with Gasteiger partial charge in [-0.05, 0) is 66.0 Å². The number of hydrogen-bond acceptors (Lipinski definition) is 2. The lowest BCUT2D eigenvalue weighted by molar-refractivity contribution is 0.626. The Hall–Kier alpha value is -3.46. The van der Waals surface area contributed by atoms with Gasteiger partial charge in [0.15, 0.2) is 0 Å². The molecule has 0 saturated heterocycles. The van der Waals surface area contributed by atoms with Crippen LogP contribution in [0.3, 0.4) is 0 Å². The maximum absolute atomic E-state index is 13.7. The zero-order valence-electron chi connectivity index (χ0n) is 16.3. The van der Waals surface area contributed by atoms with Gasteiger partial charge in [0.1, 0.15) is 17.0 Å². The first-order valence-corrected chi connectivity index (χ1v) is 8.67. The molecular formula is C24H16FNO. The van der Waals surface area contributed by atoms with Gasteiger partial charge in [-0.3, -0.25) is 4.98 Å². The molecule has 130 valence electrons. The average Bonchev–Trinajstić information content (AvgIpc) is 3.11. The molecule has 3 heteroatoms. The molecule has 0 aliphatic heterocycles. The molecule has 0 bridgehead atoms. The smallest absolute Gasteiger partial charge is 0.135 e. The summed E-state index contributed by atoms with van der Waals surface area (Å²) < 4.78 is 36.7. The standard InChI is InChI=1S/C24H16FNO/c25-19-7-9-24-21(15-19)20-14-18(6-8-23(20)27-24)22-13-17(10-11-26-22)12-16-4-2-1-3-5-16/h1-11,13-15H,12H2/i12D2. The number of halogens is 1. The number of aromatic nitrogens is 1. The summed E-state index contributed by atoms with van der Waals surface area (Å²) >= 11 is 0. The number of rotatable bonds is 3. The average molecular weight is 355 g/mol. The third-order valence-corrected chi connectivity index (χ3v) is 4.55. The minimum atomic E-state index is -1.64. The van der Waals surface area contributed by atoms with E-state index in [0.29, 0.717) is 33.4 Å². The molecule has 5 aromatic rings. The van der Waals surface area contributed by atoms with E-state index >= 15 is 0 Å². The molecule has 0 radical (unpaired) electrons. The van der Waals surface area contributed by atoms with Crippen LogP contribution in [0.2, 0.25) is 0 Å². The van der Waals surface area contributed by atoms with Gasteiger partial charge in [-0.25, -0.2) is 4.39 Å². The lowest BCUT2D eigenvalue weighted by Crippen LogP contribution is -1.91. The van der Waals surface area contributed by atoms with E-state index in [1.807, 2.05) is 36.4 Å². The fraction of sp³-hybridized carbons (Fsp3) is 0.0417. The Morgan fingerprint density at radius 3 is 2.44 bits per heavy atom. The molecule has 0 aliphatic rings. The quantitative estimate of drug-likeness (QED) is 0.375. The topological polar surface area (TPSA) is 26.0 Å². The number of fused-ring (bicyclic) bond motifs is 3. The predicted octanol–water partition coefficient (Wildman–Crippen LogP) is 6.38. The second-order valence-corrected chi connectivity index (χ2v) is 6.37. The summed E-state index contributed by atoms with van der Waals surface area (Å²) in [6.45, 7) is 0. The van der Waals surface area contributed by atoms with E-state index < -0.39 is 6.37 Å². The van der Waals surface area contributed by atoms with Crippen molar-refractivity contribution in [1.29, 1.82) is 0 Å². The maximum Gasteiger partial charge on any atom is 0.135 e. The van der Waals surface area contributed by atoms with E-state index in [4.69, 9.17) is 7.16 Å². The van der Waals surface area contributed by atoms with Crippen molar-refractivity contribution in [3.8, 4) is 11.3 Å². The fourth-order valence-corrected chi connectivity index (χ4v) is 3.26. The summed E-state index contributed by atoms with van der Waals surface area (Å²) in [6, 6.07) is 22.6. The van der Waals surface area contributed by atoms with Crippen molar-refractivity contribution in [2.75, 3.05) is 0 Å². The van der Waals surface area contributed by atoms with Crippen molar-refractivity contribution in [1.82, 2.24) is 4.98 Å². The van der Waals surface area contributed by atoms with Crippen LogP contribution in [-0.4, -0.2) is 4.98 Å². The van der Waals surface area contributed by atoms with Gasteiger partial charge in [-0.1, -0.05) is 30.3 Å². The van der Waals surface area contributed by atoms with Gasteiger partial charge < -0.3 is 4.42 Å². The normalized spacial score (nSPS) is 12.9. The Kier molecular flexibility index (Phi) is 3.23. The molecule has 0 amide bonds. The van der Waals surface area contributed by atoms with Gasteiger partial charge in [-0.15, -0.1) is 0 Å². The summed E-state index contributed by atoms with van der Waals surface area (Å²) in [6.07, 6.45) is -0.0305. The van der Waals surface area contributed by atoms with Crippen LogP contribution >= 0.6 is 0 Å². The summed E-state index contributed by atoms with van der Waals surface area (Å²) in [5.74, 6) is -0.318. The molecule has 0 unspecified atom stereocenters. The minimum absolute atomic E-state index is 0.318. The molecule has 0 spiro atoms. The Morgan fingerprint density at radius 2 is 1.59 bits per heavy atom. The monoisotopic (exact) mass is 355 g/mol. The number of hydrogen-bond donors (Lipinski definition) is 0. The van der Waals surface area contributed by atoms with Crippen LogP contribution < -0.4 is 0 Å². The molecule has 0 atom stereocenters. The van der Waals surface area contributed by atoms with E-state index in [0.717, 1.165) is 10.9 Å². The zero-order chi connectivity index (χ0) is 20.0. The Balaban J connectivity index is 1.63. The fourth-order valence-electron chi connectivity index (χ4n) is 3.26. The number of pyridine rings is 1. The number of nitrogens with zero attached hydrogens (tertiary/aromatic N) is 1. The molecule has 27 heavy (non-hydrogen) atoms. The molecule has 0 aliphatic carbocycles. The second-order valence-electron chi connectivity index (χ2n) is 6.37. The van der Waals surface area contributed by atoms with E-state index in [2.05, 4.69) is 4.98 Å². The maximum atomic E-state index is 13.7. The van der Waals surface area contributed by atoms with Gasteiger partial charge in [0.25, 0.3) is 0 Å². The van der Waals surface area contributed by atoms with Crippen LogP contribution in [0.4, 0.5) is 4.39 Å². The molecule has 2 heterocycles. The van der Waals surface area contributed by atoms with Crippen LogP contribution in [-0.2, 0) is 6.37 Å². The van der Waals surface area contributed by atoms with Crippen molar-refractivity contribution >= 4 is 21.9 Å². The first kappa shape index (κ1) is 13.7. The molecule has 3 aromatic carbocycles. The summed E-state index contributed by atoms with van der Waals surface area (Å²) in [5, 5.41) is 1.51. The van der Waals surface area contributed by atoms with Crippen molar-refractivity contribution in [3.05, 3.63) is 102 Å². The molecule has 2 nitrogen and oxygen atoms in total. The third-order valence-electron chi connectivity index (χ3n) is 4.55. The highest BCUT2D eigenvalue weighted by atomic mass is 19.1. The van der Waals surface area contributed by atoms with Gasteiger partial charge in [0, 0.05) is 25.3 Å². The largest absolute Gasteiger partial charge is 0.456 e. The Morgan fingerprint density at radius 1 is 0.815 bits per heavy atom. The Labute approximate surface area is 158 Å². The highest BCUT2D eigenvalue weighted by molar-refractivity contribution is 6.06. The first-order chi connectivity index (χ1) is 14.0.